The Morgan fingerprint density at radius 2 is 0.622 bits per heavy atom. The molecule has 0 heteroatoms. The van der Waals surface area contributed by atoms with Crippen LogP contribution in [-0.2, 0) is 10.8 Å². The quantitative estimate of drug-likeness (QED) is 0.0388. The topological polar surface area (TPSA) is 0 Å². The Kier molecular flexibility index (Phi) is 22.4. The number of hydrogen-bond donors (Lipinski definition) is 0. The number of unbranched alkanes of at least 4 members (excludes halogenated alkanes) is 17. The van der Waals surface area contributed by atoms with E-state index in [4.69, 9.17) is 0 Å². The first-order valence-corrected chi connectivity index (χ1v) is 31.1. The lowest BCUT2D eigenvalue weighted by atomic mass is 9.19. The summed E-state index contributed by atoms with van der Waals surface area (Å²) in [6.07, 6.45) is 32.9. The minimum absolute atomic E-state index is 0.0165. The van der Waals surface area contributed by atoms with Gasteiger partial charge in [0.15, 0.2) is 0 Å². The highest BCUT2D eigenvalue weighted by atomic mass is 14.9. The van der Waals surface area contributed by atoms with Crippen LogP contribution in [0.15, 0.2) is 152 Å². The van der Waals surface area contributed by atoms with Crippen LogP contribution in [0.3, 0.4) is 0 Å². The van der Waals surface area contributed by atoms with Crippen molar-refractivity contribution in [3.05, 3.63) is 179 Å². The summed E-state index contributed by atoms with van der Waals surface area (Å²) in [5.41, 5.74) is 5.99. The largest absolute Gasteiger partial charge is 0.0654 e. The van der Waals surface area contributed by atoms with Crippen LogP contribution in [0.5, 0.6) is 0 Å². The lowest BCUT2D eigenvalue weighted by Crippen LogP contribution is -2.80. The van der Waals surface area contributed by atoms with E-state index < -0.39 is 10.8 Å². The van der Waals surface area contributed by atoms with Gasteiger partial charge in [0.1, 0.15) is 0 Å². The first-order valence-electron chi connectivity index (χ1n) is 31.1. The van der Waals surface area contributed by atoms with Crippen LogP contribution in [0.25, 0.3) is 0 Å². The monoisotopic (exact) mass is 997 g/mol. The molecule has 0 saturated heterocycles. The first kappa shape index (κ1) is 59.3. The fourth-order valence-corrected chi connectivity index (χ4v) is 17.1. The molecule has 4 atom stereocenters. The maximum atomic E-state index is 2.75. The van der Waals surface area contributed by atoms with E-state index in [1.54, 1.807) is 27.8 Å². The molecule has 404 valence electrons. The minimum Gasteiger partial charge on any atom is -0.0654 e. The summed E-state index contributed by atoms with van der Waals surface area (Å²) in [5.74, 6) is 0.186. The highest BCUT2D eigenvalue weighted by molar-refractivity contribution is 5.61. The third kappa shape index (κ3) is 12.0. The third-order valence-corrected chi connectivity index (χ3v) is 19.1. The molecule has 0 amide bonds. The zero-order chi connectivity index (χ0) is 53.0. The second-order valence-corrected chi connectivity index (χ2v) is 26.0. The minimum atomic E-state index is -0.447. The van der Waals surface area contributed by atoms with Gasteiger partial charge in [-0.25, -0.2) is 0 Å². The number of hydrogen-bond acceptors (Lipinski definition) is 0. The molecule has 0 radical (unpaired) electrons. The molecule has 5 aromatic carbocycles. The lowest BCUT2D eigenvalue weighted by molar-refractivity contribution is -0.241. The molecule has 0 heterocycles. The second kappa shape index (κ2) is 27.9. The molecule has 1 fully saturated rings. The number of benzene rings is 5. The van der Waals surface area contributed by atoms with E-state index in [-0.39, 0.29) is 33.0 Å². The Bertz CT molecular complexity index is 2180. The highest BCUT2D eigenvalue weighted by Crippen LogP contribution is 2.87. The molecule has 0 spiro atoms. The fourth-order valence-electron chi connectivity index (χ4n) is 17.1. The summed E-state index contributed by atoms with van der Waals surface area (Å²) in [4.78, 5) is 0. The molecule has 1 aliphatic carbocycles. The van der Waals surface area contributed by atoms with Gasteiger partial charge in [0.05, 0.1) is 0 Å². The fraction of sp³-hybridized carbons (Fsp3) is 0.595. The van der Waals surface area contributed by atoms with E-state index in [1.807, 2.05) is 0 Å². The Hall–Kier alpha value is -3.90. The Morgan fingerprint density at radius 3 is 1.00 bits per heavy atom. The summed E-state index contributed by atoms with van der Waals surface area (Å²) in [6, 6.07) is 62.6. The maximum absolute atomic E-state index is 2.75. The van der Waals surface area contributed by atoms with E-state index in [0.717, 1.165) is 6.42 Å². The lowest BCUT2D eigenvalue weighted by Gasteiger charge is -2.83. The summed E-state index contributed by atoms with van der Waals surface area (Å²) in [6.45, 7) is 25.8. The standard InChI is InChI=1S/C74H108/c1-11-15-19-22-24-25-26-44-57-70(61-68(5,6)7)67(62-47-33-28-34-48-62)72(69(8,9)10,60-46-21-17-13-3)74(65-53-39-31-40-54-65,66-55-41-32-42-56-66)71(58-43-18-14-4,59-45-27-23-20-16-12-2)73(70,63-49-35-29-36-50-63)64-51-37-30-38-52-64/h28-42,47-56,67H,11-27,43-46,57-61H2,1-10H3. The average molecular weight is 998 g/mol. The van der Waals surface area contributed by atoms with Crippen LogP contribution in [0.4, 0.5) is 0 Å². The molecule has 1 aliphatic rings. The summed E-state index contributed by atoms with van der Waals surface area (Å²) >= 11 is 0. The van der Waals surface area contributed by atoms with Gasteiger partial charge in [-0.15, -0.1) is 0 Å². The highest BCUT2D eigenvalue weighted by Gasteiger charge is 2.84. The van der Waals surface area contributed by atoms with Gasteiger partial charge >= 0.3 is 0 Å². The second-order valence-electron chi connectivity index (χ2n) is 26.0. The van der Waals surface area contributed by atoms with Crippen LogP contribution < -0.4 is 0 Å². The molecule has 0 N–H and O–H groups in total. The van der Waals surface area contributed by atoms with Gasteiger partial charge in [0.2, 0.25) is 0 Å². The van der Waals surface area contributed by atoms with Crippen molar-refractivity contribution in [2.45, 2.75) is 253 Å². The Morgan fingerprint density at radius 1 is 0.324 bits per heavy atom. The third-order valence-electron chi connectivity index (χ3n) is 19.1. The molecular formula is C74H108. The molecule has 5 aromatic rings. The van der Waals surface area contributed by atoms with Gasteiger partial charge in [-0.1, -0.05) is 356 Å². The molecule has 4 unspecified atom stereocenters. The molecular weight excluding hydrogens is 889 g/mol. The van der Waals surface area contributed by atoms with Crippen molar-refractivity contribution in [1.29, 1.82) is 0 Å². The van der Waals surface area contributed by atoms with Gasteiger partial charge in [-0.2, -0.15) is 0 Å². The van der Waals surface area contributed by atoms with Gasteiger partial charge in [-0.3, -0.25) is 0 Å². The van der Waals surface area contributed by atoms with Gasteiger partial charge in [0, 0.05) is 10.8 Å². The van der Waals surface area contributed by atoms with E-state index in [2.05, 4.69) is 221 Å². The predicted molar refractivity (Wildman–Crippen MR) is 325 cm³/mol. The van der Waals surface area contributed by atoms with Crippen LogP contribution in [-0.4, -0.2) is 0 Å². The van der Waals surface area contributed by atoms with Crippen molar-refractivity contribution in [2.75, 3.05) is 0 Å². The van der Waals surface area contributed by atoms with Crippen molar-refractivity contribution in [3.63, 3.8) is 0 Å². The maximum Gasteiger partial charge on any atom is 0.0338 e. The normalized spacial score (nSPS) is 21.7. The molecule has 0 aromatic heterocycles. The van der Waals surface area contributed by atoms with Gasteiger partial charge in [-0.05, 0) is 92.9 Å². The van der Waals surface area contributed by atoms with Crippen LogP contribution in [0, 0.1) is 27.1 Å². The van der Waals surface area contributed by atoms with Gasteiger partial charge in [0.25, 0.3) is 0 Å². The van der Waals surface area contributed by atoms with Crippen molar-refractivity contribution in [2.24, 2.45) is 27.1 Å². The Balaban J connectivity index is 2.02. The van der Waals surface area contributed by atoms with Crippen molar-refractivity contribution >= 4 is 0 Å². The van der Waals surface area contributed by atoms with Crippen LogP contribution in [0.1, 0.15) is 270 Å². The average Bonchev–Trinajstić information content (AvgIpc) is 3.50. The summed E-state index contributed by atoms with van der Waals surface area (Å²) < 4.78 is 0. The number of rotatable bonds is 31. The smallest absolute Gasteiger partial charge is 0.0338 e. The van der Waals surface area contributed by atoms with Crippen molar-refractivity contribution in [1.82, 2.24) is 0 Å². The molecule has 1 saturated carbocycles. The van der Waals surface area contributed by atoms with E-state index >= 15 is 0 Å². The SMILES string of the molecule is CCCCCCCCCCC1(CC(C)(C)C)C(c2ccccc2)C(CCCCCC)(C(C)(C)C)C(c2ccccc2)(c2ccccc2)C(CCCCC)(CCCCCCCC)C1(c1ccccc1)c1ccccc1. The van der Waals surface area contributed by atoms with Crippen LogP contribution >= 0.6 is 0 Å². The molecule has 6 rings (SSSR count). The van der Waals surface area contributed by atoms with Gasteiger partial charge < -0.3 is 0 Å². The van der Waals surface area contributed by atoms with Crippen molar-refractivity contribution in [3.8, 4) is 0 Å². The van der Waals surface area contributed by atoms with Crippen molar-refractivity contribution < 1.29 is 0 Å². The molecule has 0 nitrogen and oxygen atoms in total. The van der Waals surface area contributed by atoms with Crippen LogP contribution in [0.2, 0.25) is 0 Å². The zero-order valence-corrected chi connectivity index (χ0v) is 49.4. The van der Waals surface area contributed by atoms with E-state index in [0.29, 0.717) is 0 Å². The molecule has 74 heavy (non-hydrogen) atoms. The van der Waals surface area contributed by atoms with E-state index in [9.17, 15) is 0 Å². The summed E-state index contributed by atoms with van der Waals surface area (Å²) in [7, 11) is 0. The molecule has 0 aliphatic heterocycles. The predicted octanol–water partition coefficient (Wildman–Crippen LogP) is 23.0. The molecule has 0 bridgehead atoms. The summed E-state index contributed by atoms with van der Waals surface area (Å²) in [5, 5.41) is 0. The van der Waals surface area contributed by atoms with E-state index in [1.165, 1.54) is 161 Å². The first-order chi connectivity index (χ1) is 35.8. The Labute approximate surface area is 457 Å². The zero-order valence-electron chi connectivity index (χ0n) is 49.4.